The minimum atomic E-state index is -0.333. The van der Waals surface area contributed by atoms with Crippen LogP contribution in [0.3, 0.4) is 0 Å². The molecule has 1 aromatic heterocycles. The van der Waals surface area contributed by atoms with Gasteiger partial charge in [-0.3, -0.25) is 0 Å². The molecule has 1 unspecified atom stereocenters. The average molecular weight is 445 g/mol. The van der Waals surface area contributed by atoms with Crippen LogP contribution in [0.1, 0.15) is 32.1 Å². The SMILES string of the molecule is Fc1ccc(Cl)c(-c2ccc(NC[C@@H]3CC34CCN(CC3CCCOC3)CC4)nn2)c1. The van der Waals surface area contributed by atoms with Crippen LogP contribution >= 0.6 is 11.6 Å². The molecule has 2 saturated heterocycles. The van der Waals surface area contributed by atoms with Crippen molar-refractivity contribution >= 4 is 17.4 Å². The molecule has 2 aliphatic heterocycles. The smallest absolute Gasteiger partial charge is 0.148 e. The van der Waals surface area contributed by atoms with E-state index in [1.807, 2.05) is 12.1 Å². The van der Waals surface area contributed by atoms with E-state index in [2.05, 4.69) is 20.4 Å². The number of rotatable bonds is 6. The van der Waals surface area contributed by atoms with Crippen LogP contribution in [0.4, 0.5) is 10.2 Å². The minimum Gasteiger partial charge on any atom is -0.381 e. The van der Waals surface area contributed by atoms with Gasteiger partial charge in [-0.1, -0.05) is 11.6 Å². The quantitative estimate of drug-likeness (QED) is 0.688. The highest BCUT2D eigenvalue weighted by atomic mass is 35.5. The molecule has 5 rings (SSSR count). The number of nitrogens with one attached hydrogen (secondary N) is 1. The Balaban J connectivity index is 1.09. The van der Waals surface area contributed by atoms with Crippen LogP contribution in [0.2, 0.25) is 5.02 Å². The molecule has 0 amide bonds. The molecule has 1 N–H and O–H groups in total. The summed E-state index contributed by atoms with van der Waals surface area (Å²) in [5.74, 6) is 1.86. The van der Waals surface area contributed by atoms with E-state index in [4.69, 9.17) is 16.3 Å². The van der Waals surface area contributed by atoms with Crippen molar-refractivity contribution in [1.29, 1.82) is 0 Å². The summed E-state index contributed by atoms with van der Waals surface area (Å²) in [6.07, 6.45) is 6.45. The Bertz CT molecular complexity index is 895. The minimum absolute atomic E-state index is 0.333. The van der Waals surface area contributed by atoms with E-state index in [1.54, 1.807) is 6.07 Å². The number of aromatic nitrogens is 2. The van der Waals surface area contributed by atoms with Gasteiger partial charge < -0.3 is 15.0 Å². The maximum atomic E-state index is 13.5. The number of nitrogens with zero attached hydrogens (tertiary/aromatic N) is 3. The fourth-order valence-corrected chi connectivity index (χ4v) is 5.54. The highest BCUT2D eigenvalue weighted by molar-refractivity contribution is 6.33. The molecule has 31 heavy (non-hydrogen) atoms. The van der Waals surface area contributed by atoms with Gasteiger partial charge in [0.1, 0.15) is 11.6 Å². The predicted octanol–water partition coefficient (Wildman–Crippen LogP) is 4.88. The van der Waals surface area contributed by atoms with Gasteiger partial charge in [-0.25, -0.2) is 4.39 Å². The second kappa shape index (κ2) is 9.00. The molecule has 1 aliphatic carbocycles. The van der Waals surface area contributed by atoms with Gasteiger partial charge in [0.2, 0.25) is 0 Å². The van der Waals surface area contributed by atoms with Gasteiger partial charge >= 0.3 is 0 Å². The Morgan fingerprint density at radius 1 is 1.19 bits per heavy atom. The van der Waals surface area contributed by atoms with Crippen molar-refractivity contribution in [3.05, 3.63) is 41.2 Å². The summed E-state index contributed by atoms with van der Waals surface area (Å²) < 4.78 is 19.2. The first kappa shape index (κ1) is 21.1. The summed E-state index contributed by atoms with van der Waals surface area (Å²) in [7, 11) is 0. The third-order valence-corrected chi connectivity index (χ3v) is 7.71. The lowest BCUT2D eigenvalue weighted by atomic mass is 9.90. The molecule has 1 saturated carbocycles. The summed E-state index contributed by atoms with van der Waals surface area (Å²) in [4.78, 5) is 2.65. The van der Waals surface area contributed by atoms with Crippen LogP contribution in [-0.4, -0.2) is 54.5 Å². The van der Waals surface area contributed by atoms with Crippen molar-refractivity contribution < 1.29 is 9.13 Å². The van der Waals surface area contributed by atoms with E-state index in [1.165, 1.54) is 63.9 Å². The first-order valence-electron chi connectivity index (χ1n) is 11.4. The Morgan fingerprint density at radius 2 is 2.06 bits per heavy atom. The number of hydrogen-bond acceptors (Lipinski definition) is 5. The summed E-state index contributed by atoms with van der Waals surface area (Å²) in [6.45, 7) is 6.46. The normalized spacial score (nSPS) is 25.5. The molecule has 2 aromatic rings. The van der Waals surface area contributed by atoms with Crippen LogP contribution in [0.25, 0.3) is 11.3 Å². The van der Waals surface area contributed by atoms with Crippen LogP contribution in [0.15, 0.2) is 30.3 Å². The van der Waals surface area contributed by atoms with Gasteiger partial charge in [0.25, 0.3) is 0 Å². The number of piperidine rings is 1. The molecule has 2 atom stereocenters. The fraction of sp³-hybridized carbons (Fsp3) is 0.583. The molecule has 3 heterocycles. The second-order valence-corrected chi connectivity index (χ2v) is 9.86. The van der Waals surface area contributed by atoms with E-state index in [0.717, 1.165) is 31.5 Å². The van der Waals surface area contributed by atoms with E-state index in [0.29, 0.717) is 27.6 Å². The van der Waals surface area contributed by atoms with Crippen molar-refractivity contribution in [3.63, 3.8) is 0 Å². The third kappa shape index (κ3) is 4.86. The first-order chi connectivity index (χ1) is 15.1. The van der Waals surface area contributed by atoms with Crippen LogP contribution in [-0.2, 0) is 4.74 Å². The molecule has 1 aromatic carbocycles. The monoisotopic (exact) mass is 444 g/mol. The number of hydrogen-bond donors (Lipinski definition) is 1. The summed E-state index contributed by atoms with van der Waals surface area (Å²) in [5.41, 5.74) is 1.66. The summed E-state index contributed by atoms with van der Waals surface area (Å²) >= 11 is 6.17. The van der Waals surface area contributed by atoms with E-state index >= 15 is 0 Å². The van der Waals surface area contributed by atoms with Gasteiger partial charge in [-0.05, 0) is 92.8 Å². The van der Waals surface area contributed by atoms with Gasteiger partial charge in [0.15, 0.2) is 0 Å². The van der Waals surface area contributed by atoms with Gasteiger partial charge in [0, 0.05) is 25.3 Å². The first-order valence-corrected chi connectivity index (χ1v) is 11.8. The molecular formula is C24H30ClFN4O. The lowest BCUT2D eigenvalue weighted by Crippen LogP contribution is -2.40. The second-order valence-electron chi connectivity index (χ2n) is 9.46. The molecule has 7 heteroatoms. The Labute approximate surface area is 188 Å². The van der Waals surface area contributed by atoms with E-state index < -0.39 is 0 Å². The molecule has 3 aliphatic rings. The predicted molar refractivity (Wildman–Crippen MR) is 121 cm³/mol. The molecule has 166 valence electrons. The van der Waals surface area contributed by atoms with Crippen molar-refractivity contribution in [2.45, 2.75) is 32.1 Å². The Hall–Kier alpha value is -1.76. The van der Waals surface area contributed by atoms with Crippen molar-refractivity contribution in [3.8, 4) is 11.3 Å². The maximum Gasteiger partial charge on any atom is 0.148 e. The van der Waals surface area contributed by atoms with Crippen molar-refractivity contribution in [2.24, 2.45) is 17.3 Å². The van der Waals surface area contributed by atoms with Crippen LogP contribution in [0.5, 0.6) is 0 Å². The van der Waals surface area contributed by atoms with Crippen LogP contribution in [0, 0.1) is 23.1 Å². The average Bonchev–Trinajstić information content (AvgIpc) is 3.48. The number of halogens is 2. The van der Waals surface area contributed by atoms with E-state index in [9.17, 15) is 4.39 Å². The zero-order chi connectivity index (χ0) is 21.3. The topological polar surface area (TPSA) is 50.3 Å². The summed E-state index contributed by atoms with van der Waals surface area (Å²) in [6, 6.07) is 8.01. The molecule has 1 spiro atoms. The Kier molecular flexibility index (Phi) is 6.13. The molecule has 0 radical (unpaired) electrons. The lowest BCUT2D eigenvalue weighted by Gasteiger charge is -2.36. The molecule has 5 nitrogen and oxygen atoms in total. The van der Waals surface area contributed by atoms with Gasteiger partial charge in [-0.2, -0.15) is 0 Å². The third-order valence-electron chi connectivity index (χ3n) is 7.38. The van der Waals surface area contributed by atoms with Crippen molar-refractivity contribution in [1.82, 2.24) is 15.1 Å². The van der Waals surface area contributed by atoms with Gasteiger partial charge in [0.05, 0.1) is 17.3 Å². The molecular weight excluding hydrogens is 415 g/mol. The fourth-order valence-electron chi connectivity index (χ4n) is 5.32. The van der Waals surface area contributed by atoms with Crippen LogP contribution < -0.4 is 5.32 Å². The standard InChI is InChI=1S/C24H30ClFN4O/c25-21-4-3-19(26)12-20(21)22-5-6-23(29-28-22)27-14-18-13-24(18)7-9-30(10-8-24)15-17-2-1-11-31-16-17/h3-6,12,17-18H,1-2,7-11,13-16H2,(H,27,29)/t17?,18-/m0/s1. The number of likely N-dealkylation sites (tertiary alicyclic amines) is 1. The molecule has 0 bridgehead atoms. The zero-order valence-electron chi connectivity index (χ0n) is 17.8. The number of benzene rings is 1. The number of anilines is 1. The van der Waals surface area contributed by atoms with Crippen molar-refractivity contribution in [2.75, 3.05) is 44.7 Å². The molecule has 3 fully saturated rings. The lowest BCUT2D eigenvalue weighted by molar-refractivity contribution is 0.0309. The Morgan fingerprint density at radius 3 is 2.81 bits per heavy atom. The largest absolute Gasteiger partial charge is 0.381 e. The highest BCUT2D eigenvalue weighted by Gasteiger charge is 2.54. The highest BCUT2D eigenvalue weighted by Crippen LogP contribution is 2.59. The zero-order valence-corrected chi connectivity index (χ0v) is 18.6. The van der Waals surface area contributed by atoms with Gasteiger partial charge in [-0.15, -0.1) is 10.2 Å². The van der Waals surface area contributed by atoms with E-state index in [-0.39, 0.29) is 5.82 Å². The number of ether oxygens (including phenoxy) is 1. The summed E-state index contributed by atoms with van der Waals surface area (Å²) in [5, 5.41) is 12.4. The maximum absolute atomic E-state index is 13.5.